The molecule has 2 rings (SSSR count). The van der Waals surface area contributed by atoms with Crippen LogP contribution in [0, 0.1) is 0 Å². The number of anilines is 1. The van der Waals surface area contributed by atoms with Gasteiger partial charge in [-0.05, 0) is 18.6 Å². The topological polar surface area (TPSA) is 21.3 Å². The summed E-state index contributed by atoms with van der Waals surface area (Å²) in [6.07, 6.45) is 1.26. The van der Waals surface area contributed by atoms with Gasteiger partial charge in [0.1, 0.15) is 0 Å². The summed E-state index contributed by atoms with van der Waals surface area (Å²) < 4.78 is 6.56. The van der Waals surface area contributed by atoms with E-state index in [1.54, 1.807) is 7.11 Å². The van der Waals surface area contributed by atoms with Gasteiger partial charge in [-0.15, -0.1) is 0 Å². The molecule has 1 aromatic carbocycles. The average molecular weight is 242 g/mol. The first kappa shape index (κ1) is 9.03. The predicted octanol–water partition coefficient (Wildman–Crippen LogP) is 2.95. The Morgan fingerprint density at radius 3 is 3.15 bits per heavy atom. The van der Waals surface area contributed by atoms with Crippen molar-refractivity contribution in [2.45, 2.75) is 12.5 Å². The summed E-state index contributed by atoms with van der Waals surface area (Å²) in [5.41, 5.74) is 2.43. The second kappa shape index (κ2) is 3.68. The van der Waals surface area contributed by atoms with Gasteiger partial charge in [0.25, 0.3) is 0 Å². The van der Waals surface area contributed by atoms with Crippen LogP contribution in [0.3, 0.4) is 0 Å². The van der Waals surface area contributed by atoms with Crippen LogP contribution >= 0.6 is 15.9 Å². The number of hydrogen-bond donors (Lipinski definition) is 1. The van der Waals surface area contributed by atoms with Crippen molar-refractivity contribution in [2.75, 3.05) is 19.0 Å². The second-order valence-corrected chi connectivity index (χ2v) is 4.00. The maximum atomic E-state index is 5.43. The Labute approximate surface area is 86.4 Å². The van der Waals surface area contributed by atoms with Gasteiger partial charge in [-0.3, -0.25) is 0 Å². The summed E-state index contributed by atoms with van der Waals surface area (Å²) in [6, 6.07) is 6.18. The molecule has 1 heterocycles. The van der Waals surface area contributed by atoms with Crippen LogP contribution in [0.15, 0.2) is 22.7 Å². The molecule has 0 saturated carbocycles. The van der Waals surface area contributed by atoms with Gasteiger partial charge in [0, 0.05) is 29.4 Å². The second-order valence-electron chi connectivity index (χ2n) is 3.14. The third kappa shape index (κ3) is 1.58. The molecule has 3 heteroatoms. The zero-order valence-corrected chi connectivity index (χ0v) is 9.10. The van der Waals surface area contributed by atoms with E-state index in [0.717, 1.165) is 17.4 Å². The van der Waals surface area contributed by atoms with Crippen molar-refractivity contribution in [3.63, 3.8) is 0 Å². The Hall–Kier alpha value is -0.540. The fourth-order valence-electron chi connectivity index (χ4n) is 1.74. The van der Waals surface area contributed by atoms with Crippen molar-refractivity contribution in [2.24, 2.45) is 0 Å². The smallest absolute Gasteiger partial charge is 0.0868 e. The molecular weight excluding hydrogens is 230 g/mol. The van der Waals surface area contributed by atoms with E-state index < -0.39 is 0 Å². The van der Waals surface area contributed by atoms with Gasteiger partial charge in [0.05, 0.1) is 6.10 Å². The van der Waals surface area contributed by atoms with Gasteiger partial charge in [-0.1, -0.05) is 22.0 Å². The molecule has 1 N–H and O–H groups in total. The molecule has 1 aliphatic rings. The highest BCUT2D eigenvalue weighted by molar-refractivity contribution is 9.10. The first-order valence-corrected chi connectivity index (χ1v) is 5.17. The molecule has 1 aromatic rings. The number of ether oxygens (including phenoxy) is 1. The van der Waals surface area contributed by atoms with Crippen molar-refractivity contribution < 1.29 is 4.74 Å². The van der Waals surface area contributed by atoms with Crippen LogP contribution < -0.4 is 5.32 Å². The minimum atomic E-state index is 0.229. The number of methoxy groups -OCH3 is 1. The van der Waals surface area contributed by atoms with Crippen LogP contribution in [-0.2, 0) is 4.74 Å². The van der Waals surface area contributed by atoms with Gasteiger partial charge < -0.3 is 10.1 Å². The lowest BCUT2D eigenvalue weighted by molar-refractivity contribution is 0.0959. The summed E-state index contributed by atoms with van der Waals surface area (Å²) in [4.78, 5) is 0. The monoisotopic (exact) mass is 241 g/mol. The Bertz CT molecular complexity index is 314. The van der Waals surface area contributed by atoms with Gasteiger partial charge in [0.15, 0.2) is 0 Å². The maximum absolute atomic E-state index is 5.43. The highest BCUT2D eigenvalue weighted by Crippen LogP contribution is 2.36. The molecule has 13 heavy (non-hydrogen) atoms. The van der Waals surface area contributed by atoms with E-state index in [1.807, 2.05) is 6.07 Å². The number of fused-ring (bicyclic) bond motifs is 1. The van der Waals surface area contributed by atoms with Gasteiger partial charge in [0.2, 0.25) is 0 Å². The normalized spacial score (nSPS) is 20.6. The fourth-order valence-corrected chi connectivity index (χ4v) is 2.36. The van der Waals surface area contributed by atoms with E-state index >= 15 is 0 Å². The van der Waals surface area contributed by atoms with E-state index in [1.165, 1.54) is 11.3 Å². The molecule has 1 unspecified atom stereocenters. The quantitative estimate of drug-likeness (QED) is 0.817. The highest BCUT2D eigenvalue weighted by Gasteiger charge is 2.21. The van der Waals surface area contributed by atoms with Crippen molar-refractivity contribution in [1.82, 2.24) is 0 Å². The SMILES string of the molecule is COC1CCNc2cccc(Br)c21. The molecule has 0 spiro atoms. The summed E-state index contributed by atoms with van der Waals surface area (Å²) in [5.74, 6) is 0. The van der Waals surface area contributed by atoms with Crippen LogP contribution in [0.5, 0.6) is 0 Å². The third-order valence-electron chi connectivity index (χ3n) is 2.38. The Morgan fingerprint density at radius 2 is 2.38 bits per heavy atom. The molecule has 0 amide bonds. The van der Waals surface area contributed by atoms with Crippen LogP contribution in [0.4, 0.5) is 5.69 Å². The maximum Gasteiger partial charge on any atom is 0.0868 e. The third-order valence-corrected chi connectivity index (χ3v) is 3.07. The standard InChI is InChI=1S/C10H12BrNO/c1-13-9-5-6-12-8-4-2-3-7(11)10(8)9/h2-4,9,12H,5-6H2,1H3. The molecule has 0 fully saturated rings. The molecule has 0 bridgehead atoms. The van der Waals surface area contributed by atoms with E-state index in [9.17, 15) is 0 Å². The summed E-state index contributed by atoms with van der Waals surface area (Å²) >= 11 is 3.54. The number of rotatable bonds is 1. The lowest BCUT2D eigenvalue weighted by Gasteiger charge is -2.26. The lowest BCUT2D eigenvalue weighted by Crippen LogP contribution is -2.18. The van der Waals surface area contributed by atoms with Crippen LogP contribution in [-0.4, -0.2) is 13.7 Å². The van der Waals surface area contributed by atoms with E-state index in [-0.39, 0.29) is 6.10 Å². The van der Waals surface area contributed by atoms with Crippen molar-refractivity contribution in [1.29, 1.82) is 0 Å². The van der Waals surface area contributed by atoms with Crippen molar-refractivity contribution >= 4 is 21.6 Å². The molecule has 0 radical (unpaired) electrons. The van der Waals surface area contributed by atoms with Crippen molar-refractivity contribution in [3.05, 3.63) is 28.2 Å². The highest BCUT2D eigenvalue weighted by atomic mass is 79.9. The lowest BCUT2D eigenvalue weighted by atomic mass is 10.0. The molecule has 0 aliphatic carbocycles. The van der Waals surface area contributed by atoms with E-state index in [4.69, 9.17) is 4.74 Å². The fraction of sp³-hybridized carbons (Fsp3) is 0.400. The minimum absolute atomic E-state index is 0.229. The van der Waals surface area contributed by atoms with Crippen LogP contribution in [0.1, 0.15) is 18.1 Å². The van der Waals surface area contributed by atoms with Crippen molar-refractivity contribution in [3.8, 4) is 0 Å². The molecule has 0 aromatic heterocycles. The Balaban J connectivity index is 2.47. The molecule has 0 saturated heterocycles. The predicted molar refractivity (Wildman–Crippen MR) is 57.0 cm³/mol. The van der Waals surface area contributed by atoms with Gasteiger partial charge in [-0.2, -0.15) is 0 Å². The molecule has 70 valence electrons. The molecule has 1 atom stereocenters. The van der Waals surface area contributed by atoms with E-state index in [0.29, 0.717) is 0 Å². The molecule has 2 nitrogen and oxygen atoms in total. The minimum Gasteiger partial charge on any atom is -0.385 e. The zero-order chi connectivity index (χ0) is 9.26. The summed E-state index contributed by atoms with van der Waals surface area (Å²) in [6.45, 7) is 0.988. The van der Waals surface area contributed by atoms with Crippen LogP contribution in [0.2, 0.25) is 0 Å². The Kier molecular flexibility index (Phi) is 2.56. The largest absolute Gasteiger partial charge is 0.385 e. The number of nitrogens with one attached hydrogen (secondary N) is 1. The van der Waals surface area contributed by atoms with Gasteiger partial charge in [-0.25, -0.2) is 0 Å². The Morgan fingerprint density at radius 1 is 1.54 bits per heavy atom. The van der Waals surface area contributed by atoms with E-state index in [2.05, 4.69) is 33.4 Å². The summed E-state index contributed by atoms with van der Waals surface area (Å²) in [7, 11) is 1.76. The number of benzene rings is 1. The average Bonchev–Trinajstić information content (AvgIpc) is 2.17. The first-order valence-electron chi connectivity index (χ1n) is 4.38. The first-order chi connectivity index (χ1) is 6.33. The summed E-state index contributed by atoms with van der Waals surface area (Å²) in [5, 5.41) is 3.36. The number of hydrogen-bond acceptors (Lipinski definition) is 2. The zero-order valence-electron chi connectivity index (χ0n) is 7.51. The molecule has 1 aliphatic heterocycles. The van der Waals surface area contributed by atoms with Crippen LogP contribution in [0.25, 0.3) is 0 Å². The van der Waals surface area contributed by atoms with Gasteiger partial charge >= 0.3 is 0 Å². The molecular formula is C10H12BrNO. The number of halogens is 1.